The molecule has 0 aliphatic rings. The lowest BCUT2D eigenvalue weighted by molar-refractivity contribution is -0.156. The van der Waals surface area contributed by atoms with Gasteiger partial charge in [0.25, 0.3) is 5.91 Å². The van der Waals surface area contributed by atoms with Crippen LogP contribution >= 0.6 is 0 Å². The van der Waals surface area contributed by atoms with Crippen LogP contribution in [0.1, 0.15) is 38.1 Å². The Bertz CT molecular complexity index is 519. The molecule has 0 radical (unpaired) electrons. The van der Waals surface area contributed by atoms with Gasteiger partial charge in [-0.25, -0.2) is 4.79 Å². The van der Waals surface area contributed by atoms with E-state index in [-0.39, 0.29) is 5.56 Å². The molecular formula is C14H19NO5. The van der Waals surface area contributed by atoms with Crippen molar-refractivity contribution in [2.75, 3.05) is 0 Å². The fourth-order valence-electron chi connectivity index (χ4n) is 1.44. The zero-order valence-corrected chi connectivity index (χ0v) is 11.9. The second-order valence-corrected chi connectivity index (χ2v) is 5.40. The van der Waals surface area contributed by atoms with Crippen LogP contribution in [0.25, 0.3) is 0 Å². The number of para-hydroxylation sites is 1. The number of ether oxygens (including phenoxy) is 1. The van der Waals surface area contributed by atoms with E-state index in [1.165, 1.54) is 25.1 Å². The number of rotatable bonds is 3. The number of benzene rings is 1. The number of nitrogens with one attached hydrogen (secondary N) is 1. The maximum Gasteiger partial charge on any atom is 0.328 e. The molecule has 1 amide bonds. The number of phenols is 2. The molecule has 1 aromatic carbocycles. The summed E-state index contributed by atoms with van der Waals surface area (Å²) >= 11 is 0. The molecule has 0 aliphatic heterocycles. The summed E-state index contributed by atoms with van der Waals surface area (Å²) in [6, 6.07) is 3.14. The highest BCUT2D eigenvalue weighted by molar-refractivity contribution is 5.99. The van der Waals surface area contributed by atoms with E-state index in [4.69, 9.17) is 4.74 Å². The van der Waals surface area contributed by atoms with Gasteiger partial charge in [0.1, 0.15) is 11.6 Å². The first-order valence-electron chi connectivity index (χ1n) is 6.16. The van der Waals surface area contributed by atoms with E-state index in [1.54, 1.807) is 20.8 Å². The molecule has 110 valence electrons. The number of carbonyl (C=O) groups excluding carboxylic acids is 2. The first-order chi connectivity index (χ1) is 9.11. The maximum atomic E-state index is 11.9. The molecule has 0 heterocycles. The number of amides is 1. The SMILES string of the molecule is C[C@@H](NC(=O)c1cccc(O)c1O)C(=O)OC(C)(C)C. The molecule has 0 bridgehead atoms. The van der Waals surface area contributed by atoms with Crippen LogP contribution in [0.3, 0.4) is 0 Å². The van der Waals surface area contributed by atoms with Crippen molar-refractivity contribution in [3.8, 4) is 11.5 Å². The number of aromatic hydroxyl groups is 2. The lowest BCUT2D eigenvalue weighted by atomic mass is 10.1. The van der Waals surface area contributed by atoms with Crippen LogP contribution in [-0.2, 0) is 9.53 Å². The quantitative estimate of drug-likeness (QED) is 0.577. The van der Waals surface area contributed by atoms with E-state index in [2.05, 4.69) is 5.32 Å². The van der Waals surface area contributed by atoms with Crippen molar-refractivity contribution >= 4 is 11.9 Å². The van der Waals surface area contributed by atoms with E-state index >= 15 is 0 Å². The molecule has 0 fully saturated rings. The second kappa shape index (κ2) is 5.81. The van der Waals surface area contributed by atoms with Crippen molar-refractivity contribution in [2.24, 2.45) is 0 Å². The van der Waals surface area contributed by atoms with E-state index in [0.29, 0.717) is 0 Å². The molecule has 1 atom stereocenters. The molecule has 0 saturated heterocycles. The van der Waals surface area contributed by atoms with Gasteiger partial charge in [0, 0.05) is 0 Å². The minimum absolute atomic E-state index is 0.111. The monoisotopic (exact) mass is 281 g/mol. The number of hydrogen-bond acceptors (Lipinski definition) is 5. The summed E-state index contributed by atoms with van der Waals surface area (Å²) in [7, 11) is 0. The zero-order valence-electron chi connectivity index (χ0n) is 11.9. The number of phenolic OH excluding ortho intramolecular Hbond substituents is 2. The Balaban J connectivity index is 2.76. The Morgan fingerprint density at radius 3 is 2.40 bits per heavy atom. The fraction of sp³-hybridized carbons (Fsp3) is 0.429. The largest absolute Gasteiger partial charge is 0.504 e. The van der Waals surface area contributed by atoms with Crippen LogP contribution in [0.4, 0.5) is 0 Å². The molecule has 0 unspecified atom stereocenters. The van der Waals surface area contributed by atoms with Gasteiger partial charge in [0.15, 0.2) is 11.5 Å². The highest BCUT2D eigenvalue weighted by Gasteiger charge is 2.24. The lowest BCUT2D eigenvalue weighted by Gasteiger charge is -2.22. The first kappa shape index (κ1) is 15.8. The van der Waals surface area contributed by atoms with Crippen molar-refractivity contribution < 1.29 is 24.5 Å². The van der Waals surface area contributed by atoms with Crippen LogP contribution in [0, 0.1) is 0 Å². The van der Waals surface area contributed by atoms with Crippen LogP contribution in [0.5, 0.6) is 11.5 Å². The summed E-state index contributed by atoms with van der Waals surface area (Å²) in [6.07, 6.45) is 0. The molecule has 0 saturated carbocycles. The normalized spacial score (nSPS) is 12.6. The predicted octanol–water partition coefficient (Wildman–Crippen LogP) is 1.56. The van der Waals surface area contributed by atoms with Gasteiger partial charge in [-0.2, -0.15) is 0 Å². The number of esters is 1. The van der Waals surface area contributed by atoms with Crippen molar-refractivity contribution in [3.63, 3.8) is 0 Å². The van der Waals surface area contributed by atoms with Gasteiger partial charge >= 0.3 is 5.97 Å². The molecule has 6 nitrogen and oxygen atoms in total. The van der Waals surface area contributed by atoms with Crippen LogP contribution in [0.15, 0.2) is 18.2 Å². The third-order valence-corrected chi connectivity index (χ3v) is 2.37. The Labute approximate surface area is 117 Å². The zero-order chi connectivity index (χ0) is 15.5. The lowest BCUT2D eigenvalue weighted by Crippen LogP contribution is -2.42. The second-order valence-electron chi connectivity index (χ2n) is 5.40. The molecule has 1 rings (SSSR count). The smallest absolute Gasteiger partial charge is 0.328 e. The average molecular weight is 281 g/mol. The Morgan fingerprint density at radius 2 is 1.85 bits per heavy atom. The Hall–Kier alpha value is -2.24. The molecule has 1 aromatic rings. The summed E-state index contributed by atoms with van der Waals surface area (Å²) < 4.78 is 5.12. The van der Waals surface area contributed by atoms with E-state index < -0.39 is 35.0 Å². The van der Waals surface area contributed by atoms with E-state index in [9.17, 15) is 19.8 Å². The van der Waals surface area contributed by atoms with E-state index in [0.717, 1.165) is 0 Å². The summed E-state index contributed by atoms with van der Waals surface area (Å²) in [4.78, 5) is 23.6. The summed E-state index contributed by atoms with van der Waals surface area (Å²) in [5.74, 6) is -2.17. The van der Waals surface area contributed by atoms with Crippen molar-refractivity contribution in [2.45, 2.75) is 39.3 Å². The topological polar surface area (TPSA) is 95.9 Å². The predicted molar refractivity (Wildman–Crippen MR) is 72.5 cm³/mol. The third kappa shape index (κ3) is 4.15. The van der Waals surface area contributed by atoms with Gasteiger partial charge in [-0.15, -0.1) is 0 Å². The van der Waals surface area contributed by atoms with Gasteiger partial charge < -0.3 is 20.3 Å². The van der Waals surface area contributed by atoms with Gasteiger partial charge in [-0.05, 0) is 39.8 Å². The molecule has 20 heavy (non-hydrogen) atoms. The molecule has 6 heteroatoms. The summed E-state index contributed by atoms with van der Waals surface area (Å²) in [5, 5.41) is 21.3. The first-order valence-corrected chi connectivity index (χ1v) is 6.16. The summed E-state index contributed by atoms with van der Waals surface area (Å²) in [5.41, 5.74) is -0.760. The number of carbonyl (C=O) groups is 2. The highest BCUT2D eigenvalue weighted by Crippen LogP contribution is 2.28. The fourth-order valence-corrected chi connectivity index (χ4v) is 1.44. The minimum Gasteiger partial charge on any atom is -0.504 e. The van der Waals surface area contributed by atoms with Crippen LogP contribution in [-0.4, -0.2) is 33.7 Å². The minimum atomic E-state index is -0.872. The molecular weight excluding hydrogens is 262 g/mol. The molecule has 0 aromatic heterocycles. The highest BCUT2D eigenvalue weighted by atomic mass is 16.6. The van der Waals surface area contributed by atoms with Gasteiger partial charge in [-0.1, -0.05) is 6.07 Å². The third-order valence-electron chi connectivity index (χ3n) is 2.37. The summed E-state index contributed by atoms with van der Waals surface area (Å²) in [6.45, 7) is 6.65. The Kier molecular flexibility index (Phi) is 4.60. The van der Waals surface area contributed by atoms with E-state index in [1.807, 2.05) is 0 Å². The standard InChI is InChI=1S/C14H19NO5/c1-8(13(19)20-14(2,3)4)15-12(18)9-6-5-7-10(16)11(9)17/h5-8,16-17H,1-4H3,(H,15,18)/t8-/m1/s1. The van der Waals surface area contributed by atoms with Gasteiger partial charge in [0.2, 0.25) is 0 Å². The van der Waals surface area contributed by atoms with Crippen molar-refractivity contribution in [3.05, 3.63) is 23.8 Å². The molecule has 0 spiro atoms. The van der Waals surface area contributed by atoms with Crippen LogP contribution < -0.4 is 5.32 Å². The molecule has 3 N–H and O–H groups in total. The van der Waals surface area contributed by atoms with Gasteiger partial charge in [-0.3, -0.25) is 4.79 Å². The molecule has 0 aliphatic carbocycles. The van der Waals surface area contributed by atoms with Crippen LogP contribution in [0.2, 0.25) is 0 Å². The maximum absolute atomic E-state index is 11.9. The Morgan fingerprint density at radius 1 is 1.25 bits per heavy atom. The van der Waals surface area contributed by atoms with Crippen molar-refractivity contribution in [1.29, 1.82) is 0 Å². The average Bonchev–Trinajstić information content (AvgIpc) is 2.30. The number of hydrogen-bond donors (Lipinski definition) is 3. The van der Waals surface area contributed by atoms with Gasteiger partial charge in [0.05, 0.1) is 5.56 Å². The van der Waals surface area contributed by atoms with Crippen molar-refractivity contribution in [1.82, 2.24) is 5.32 Å².